The van der Waals surface area contributed by atoms with Crippen LogP contribution in [0.15, 0.2) is 42.5 Å². The SMILES string of the molecule is COc1ccc(CNC(=O)Cc2ccccc2Cl)cc1N. The zero-order valence-electron chi connectivity index (χ0n) is 11.7. The number of ether oxygens (including phenoxy) is 1. The second kappa shape index (κ2) is 6.99. The van der Waals surface area contributed by atoms with Crippen molar-refractivity contribution in [1.82, 2.24) is 5.32 Å². The fraction of sp³-hybridized carbons (Fsp3) is 0.188. The zero-order valence-corrected chi connectivity index (χ0v) is 12.5. The van der Waals surface area contributed by atoms with Crippen LogP contribution in [-0.2, 0) is 17.8 Å². The molecule has 0 fully saturated rings. The van der Waals surface area contributed by atoms with Crippen LogP contribution in [0.4, 0.5) is 5.69 Å². The minimum Gasteiger partial charge on any atom is -0.495 e. The largest absolute Gasteiger partial charge is 0.495 e. The summed E-state index contributed by atoms with van der Waals surface area (Å²) >= 11 is 6.03. The molecule has 0 saturated heterocycles. The number of carbonyl (C=O) groups excluding carboxylic acids is 1. The Balaban J connectivity index is 1.92. The van der Waals surface area contributed by atoms with E-state index in [1.165, 1.54) is 0 Å². The van der Waals surface area contributed by atoms with Crippen molar-refractivity contribution in [1.29, 1.82) is 0 Å². The molecule has 0 spiro atoms. The first-order valence-electron chi connectivity index (χ1n) is 6.52. The number of anilines is 1. The van der Waals surface area contributed by atoms with E-state index < -0.39 is 0 Å². The number of amides is 1. The number of nitrogens with two attached hydrogens (primary N) is 1. The van der Waals surface area contributed by atoms with Gasteiger partial charge in [-0.25, -0.2) is 0 Å². The Morgan fingerprint density at radius 3 is 2.71 bits per heavy atom. The summed E-state index contributed by atoms with van der Waals surface area (Å²) < 4.78 is 5.09. The minimum absolute atomic E-state index is 0.0857. The number of benzene rings is 2. The standard InChI is InChI=1S/C16H17ClN2O2/c1-21-15-7-6-11(8-14(15)18)10-19-16(20)9-12-4-2-3-5-13(12)17/h2-8H,9-10,18H2,1H3,(H,19,20). The Bertz CT molecular complexity index is 644. The van der Waals surface area contributed by atoms with E-state index in [0.717, 1.165) is 11.1 Å². The Hall–Kier alpha value is -2.20. The van der Waals surface area contributed by atoms with Crippen LogP contribution < -0.4 is 15.8 Å². The second-order valence-electron chi connectivity index (χ2n) is 4.62. The lowest BCUT2D eigenvalue weighted by molar-refractivity contribution is -0.120. The van der Waals surface area contributed by atoms with Crippen molar-refractivity contribution in [2.24, 2.45) is 0 Å². The highest BCUT2D eigenvalue weighted by Crippen LogP contribution is 2.21. The van der Waals surface area contributed by atoms with E-state index in [9.17, 15) is 4.79 Å². The van der Waals surface area contributed by atoms with Crippen LogP contribution in [0.2, 0.25) is 5.02 Å². The molecule has 110 valence electrons. The van der Waals surface area contributed by atoms with Crippen molar-refractivity contribution < 1.29 is 9.53 Å². The Morgan fingerprint density at radius 2 is 2.05 bits per heavy atom. The molecule has 0 aromatic heterocycles. The summed E-state index contributed by atoms with van der Waals surface area (Å²) in [7, 11) is 1.57. The molecule has 0 bridgehead atoms. The predicted octanol–water partition coefficient (Wildman–Crippen LogP) is 2.79. The molecule has 2 rings (SSSR count). The molecule has 1 amide bonds. The average Bonchev–Trinajstić information content (AvgIpc) is 2.48. The topological polar surface area (TPSA) is 64.3 Å². The third-order valence-corrected chi connectivity index (χ3v) is 3.46. The first-order valence-corrected chi connectivity index (χ1v) is 6.90. The van der Waals surface area contributed by atoms with Crippen molar-refractivity contribution in [2.45, 2.75) is 13.0 Å². The molecule has 0 saturated carbocycles. The molecule has 0 radical (unpaired) electrons. The van der Waals surface area contributed by atoms with E-state index in [2.05, 4.69) is 5.32 Å². The van der Waals surface area contributed by atoms with Gasteiger partial charge in [0.15, 0.2) is 0 Å². The lowest BCUT2D eigenvalue weighted by Crippen LogP contribution is -2.24. The number of hydrogen-bond donors (Lipinski definition) is 2. The van der Waals surface area contributed by atoms with Crippen LogP contribution in [0.1, 0.15) is 11.1 Å². The van der Waals surface area contributed by atoms with Crippen LogP contribution in [0, 0.1) is 0 Å². The quantitative estimate of drug-likeness (QED) is 0.835. The van der Waals surface area contributed by atoms with Gasteiger partial charge in [-0.05, 0) is 29.3 Å². The van der Waals surface area contributed by atoms with Gasteiger partial charge in [-0.2, -0.15) is 0 Å². The van der Waals surface area contributed by atoms with Gasteiger partial charge in [-0.15, -0.1) is 0 Å². The summed E-state index contributed by atoms with van der Waals surface area (Å²) in [6.07, 6.45) is 0.255. The summed E-state index contributed by atoms with van der Waals surface area (Å²) in [5.41, 5.74) is 8.11. The van der Waals surface area contributed by atoms with Gasteiger partial charge in [-0.1, -0.05) is 35.9 Å². The highest BCUT2D eigenvalue weighted by atomic mass is 35.5. The summed E-state index contributed by atoms with van der Waals surface area (Å²) in [6, 6.07) is 12.7. The third-order valence-electron chi connectivity index (χ3n) is 3.09. The van der Waals surface area contributed by atoms with Gasteiger partial charge >= 0.3 is 0 Å². The molecule has 0 aliphatic heterocycles. The number of nitrogens with one attached hydrogen (secondary N) is 1. The van der Waals surface area contributed by atoms with Gasteiger partial charge in [0.1, 0.15) is 5.75 Å². The van der Waals surface area contributed by atoms with E-state index in [1.54, 1.807) is 25.3 Å². The number of hydrogen-bond acceptors (Lipinski definition) is 3. The highest BCUT2D eigenvalue weighted by molar-refractivity contribution is 6.31. The molecule has 3 N–H and O–H groups in total. The second-order valence-corrected chi connectivity index (χ2v) is 5.03. The molecule has 0 unspecified atom stereocenters. The number of halogens is 1. The van der Waals surface area contributed by atoms with Crippen LogP contribution in [0.3, 0.4) is 0 Å². The minimum atomic E-state index is -0.0857. The summed E-state index contributed by atoms with van der Waals surface area (Å²) in [5, 5.41) is 3.44. The fourth-order valence-electron chi connectivity index (χ4n) is 1.97. The number of nitrogen functional groups attached to an aromatic ring is 1. The van der Waals surface area contributed by atoms with Gasteiger partial charge in [-0.3, -0.25) is 4.79 Å². The van der Waals surface area contributed by atoms with Crippen molar-refractivity contribution in [2.75, 3.05) is 12.8 Å². The molecule has 0 atom stereocenters. The summed E-state index contributed by atoms with van der Waals surface area (Å²) in [6.45, 7) is 0.414. The molecule has 2 aromatic rings. The number of rotatable bonds is 5. The summed E-state index contributed by atoms with van der Waals surface area (Å²) in [4.78, 5) is 11.9. The van der Waals surface area contributed by atoms with Gasteiger partial charge < -0.3 is 15.8 Å². The van der Waals surface area contributed by atoms with Crippen molar-refractivity contribution >= 4 is 23.2 Å². The normalized spacial score (nSPS) is 10.2. The molecule has 21 heavy (non-hydrogen) atoms. The van der Waals surface area contributed by atoms with Crippen molar-refractivity contribution in [3.8, 4) is 5.75 Å². The lowest BCUT2D eigenvalue weighted by atomic mass is 10.1. The van der Waals surface area contributed by atoms with Crippen molar-refractivity contribution in [3.05, 3.63) is 58.6 Å². The fourth-order valence-corrected chi connectivity index (χ4v) is 2.17. The molecule has 5 heteroatoms. The van der Waals surface area contributed by atoms with Crippen LogP contribution in [0.25, 0.3) is 0 Å². The van der Waals surface area contributed by atoms with E-state index in [-0.39, 0.29) is 12.3 Å². The highest BCUT2D eigenvalue weighted by Gasteiger charge is 2.07. The Morgan fingerprint density at radius 1 is 1.29 bits per heavy atom. The maximum atomic E-state index is 11.9. The van der Waals surface area contributed by atoms with E-state index >= 15 is 0 Å². The first kappa shape index (κ1) is 15.2. The van der Waals surface area contributed by atoms with E-state index in [4.69, 9.17) is 22.1 Å². The first-order chi connectivity index (χ1) is 10.1. The zero-order chi connectivity index (χ0) is 15.2. The van der Waals surface area contributed by atoms with E-state index in [0.29, 0.717) is 23.0 Å². The molecule has 0 heterocycles. The van der Waals surface area contributed by atoms with Crippen LogP contribution >= 0.6 is 11.6 Å². The maximum Gasteiger partial charge on any atom is 0.224 e. The lowest BCUT2D eigenvalue weighted by Gasteiger charge is -2.09. The average molecular weight is 305 g/mol. The molecule has 4 nitrogen and oxygen atoms in total. The summed E-state index contributed by atoms with van der Waals surface area (Å²) in [5.74, 6) is 0.540. The predicted molar refractivity (Wildman–Crippen MR) is 84.4 cm³/mol. The van der Waals surface area contributed by atoms with E-state index in [1.807, 2.05) is 24.3 Å². The van der Waals surface area contributed by atoms with Crippen LogP contribution in [-0.4, -0.2) is 13.0 Å². The van der Waals surface area contributed by atoms with Crippen LogP contribution in [0.5, 0.6) is 5.75 Å². The monoisotopic (exact) mass is 304 g/mol. The molecular weight excluding hydrogens is 288 g/mol. The molecular formula is C16H17ClN2O2. The molecule has 0 aliphatic rings. The number of carbonyl (C=O) groups is 1. The maximum absolute atomic E-state index is 11.9. The molecule has 2 aromatic carbocycles. The smallest absolute Gasteiger partial charge is 0.224 e. The van der Waals surface area contributed by atoms with Gasteiger partial charge in [0.2, 0.25) is 5.91 Å². The Labute approximate surface area is 128 Å². The molecule has 0 aliphatic carbocycles. The van der Waals surface area contributed by atoms with Gasteiger partial charge in [0.05, 0.1) is 19.2 Å². The van der Waals surface area contributed by atoms with Crippen molar-refractivity contribution in [3.63, 3.8) is 0 Å². The van der Waals surface area contributed by atoms with Gasteiger partial charge in [0, 0.05) is 11.6 Å². The number of methoxy groups -OCH3 is 1. The Kier molecular flexibility index (Phi) is 5.06. The third kappa shape index (κ3) is 4.13. The van der Waals surface area contributed by atoms with Gasteiger partial charge in [0.25, 0.3) is 0 Å².